The molecule has 0 aromatic heterocycles. The molecule has 4 aromatic rings. The van der Waals surface area contributed by atoms with E-state index in [9.17, 15) is 4.79 Å². The normalized spacial score (nSPS) is 18.3. The Morgan fingerprint density at radius 3 is 2.56 bits per heavy atom. The quantitative estimate of drug-likeness (QED) is 0.162. The van der Waals surface area contributed by atoms with Crippen LogP contribution >= 0.6 is 0 Å². The minimum absolute atomic E-state index is 0.0836. The van der Waals surface area contributed by atoms with Crippen LogP contribution in [0.2, 0.25) is 0 Å². The lowest BCUT2D eigenvalue weighted by atomic mass is 9.89. The van der Waals surface area contributed by atoms with E-state index in [0.717, 1.165) is 27.5 Å². The maximum Gasteiger partial charge on any atom is 0.266 e. The third-order valence-corrected chi connectivity index (χ3v) is 7.23. The van der Waals surface area contributed by atoms with Crippen molar-refractivity contribution in [3.63, 3.8) is 0 Å². The molecule has 0 saturated heterocycles. The molecule has 7 heteroatoms. The summed E-state index contributed by atoms with van der Waals surface area (Å²) in [7, 11) is 0. The number of benzene rings is 4. The van der Waals surface area contributed by atoms with Crippen LogP contribution in [0.15, 0.2) is 108 Å². The summed E-state index contributed by atoms with van der Waals surface area (Å²) < 4.78 is 11.8. The van der Waals surface area contributed by atoms with Gasteiger partial charge >= 0.3 is 0 Å². The first-order valence-corrected chi connectivity index (χ1v) is 13.9. The fraction of sp³-hybridized carbons (Fsp3) is 0.235. The number of hydrazine groups is 1. The van der Waals surface area contributed by atoms with Crippen molar-refractivity contribution in [1.82, 2.24) is 10.9 Å². The number of nitrogens with zero attached hydrogens (tertiary/aromatic N) is 1. The van der Waals surface area contributed by atoms with E-state index in [1.54, 1.807) is 0 Å². The lowest BCUT2D eigenvalue weighted by Gasteiger charge is -2.27. The summed E-state index contributed by atoms with van der Waals surface area (Å²) in [5.74, 6) is 0.847. The number of ether oxygens (including phenoxy) is 2. The molecule has 0 bridgehead atoms. The molecule has 7 nitrogen and oxygen atoms in total. The van der Waals surface area contributed by atoms with Crippen LogP contribution in [0.25, 0.3) is 16.8 Å². The van der Waals surface area contributed by atoms with Crippen LogP contribution in [0.1, 0.15) is 36.5 Å². The van der Waals surface area contributed by atoms with Gasteiger partial charge in [0.1, 0.15) is 11.9 Å². The summed E-state index contributed by atoms with van der Waals surface area (Å²) in [6.07, 6.45) is 4.40. The molecule has 4 aromatic carbocycles. The van der Waals surface area contributed by atoms with Crippen LogP contribution in [0, 0.1) is 0 Å². The van der Waals surface area contributed by atoms with Crippen LogP contribution in [0.5, 0.6) is 5.75 Å². The van der Waals surface area contributed by atoms with Crippen LogP contribution in [-0.2, 0) is 16.1 Å². The summed E-state index contributed by atoms with van der Waals surface area (Å²) in [4.78, 5) is 18.7. The molecule has 0 unspecified atom stereocenters. The second-order valence-corrected chi connectivity index (χ2v) is 10.0. The first kappa shape index (κ1) is 28.1. The molecule has 210 valence electrons. The van der Waals surface area contributed by atoms with Gasteiger partial charge in [0, 0.05) is 31.6 Å². The molecule has 0 spiro atoms. The standard InChI is InChI=1S/C34H35N3O4/c1-25-34(21-8-12-26-10-3-2-4-11-26,36-32(41-25)28-17-19-30(20-18-28)40-23-9-22-38)33(39)37-35-24-29-15-7-14-27-13-5-6-16-31(27)29/h2-8,10-20,25,35,38H,9,21-24H2,1H3,(H,37,39)/b12-8+/t25-,34-/m0/s1. The van der Waals surface area contributed by atoms with Gasteiger partial charge in [0.2, 0.25) is 5.90 Å². The number of aliphatic hydroxyl groups excluding tert-OH is 1. The molecule has 1 aliphatic rings. The molecular weight excluding hydrogens is 514 g/mol. The van der Waals surface area contributed by atoms with Crippen molar-refractivity contribution in [3.05, 3.63) is 120 Å². The van der Waals surface area contributed by atoms with Gasteiger partial charge in [-0.25, -0.2) is 10.4 Å². The molecule has 1 amide bonds. The van der Waals surface area contributed by atoms with Gasteiger partial charge < -0.3 is 14.6 Å². The van der Waals surface area contributed by atoms with Crippen molar-refractivity contribution < 1.29 is 19.4 Å². The lowest BCUT2D eigenvalue weighted by Crippen LogP contribution is -2.54. The largest absolute Gasteiger partial charge is 0.494 e. The van der Waals surface area contributed by atoms with E-state index in [2.05, 4.69) is 35.1 Å². The number of hydrogen-bond donors (Lipinski definition) is 3. The molecule has 0 radical (unpaired) electrons. The second kappa shape index (κ2) is 13.3. The van der Waals surface area contributed by atoms with E-state index < -0.39 is 11.6 Å². The van der Waals surface area contributed by atoms with Gasteiger partial charge in [-0.05, 0) is 53.1 Å². The Hall–Kier alpha value is -4.46. The zero-order valence-corrected chi connectivity index (χ0v) is 23.1. The maximum absolute atomic E-state index is 13.8. The topological polar surface area (TPSA) is 92.2 Å². The fourth-order valence-electron chi connectivity index (χ4n) is 4.90. The Kier molecular flexibility index (Phi) is 9.08. The molecule has 41 heavy (non-hydrogen) atoms. The van der Waals surface area contributed by atoms with E-state index in [4.69, 9.17) is 19.6 Å². The van der Waals surface area contributed by atoms with Gasteiger partial charge in [-0.3, -0.25) is 10.2 Å². The van der Waals surface area contributed by atoms with E-state index in [-0.39, 0.29) is 12.5 Å². The smallest absolute Gasteiger partial charge is 0.266 e. The Morgan fingerprint density at radius 1 is 1.00 bits per heavy atom. The summed E-state index contributed by atoms with van der Waals surface area (Å²) >= 11 is 0. The number of carbonyl (C=O) groups excluding carboxylic acids is 1. The number of nitrogens with one attached hydrogen (secondary N) is 2. The Morgan fingerprint density at radius 2 is 1.76 bits per heavy atom. The van der Waals surface area contributed by atoms with Crippen molar-refractivity contribution in [2.75, 3.05) is 13.2 Å². The monoisotopic (exact) mass is 549 g/mol. The molecule has 0 saturated carbocycles. The third-order valence-electron chi connectivity index (χ3n) is 7.23. The van der Waals surface area contributed by atoms with Crippen LogP contribution in [0.3, 0.4) is 0 Å². The third kappa shape index (κ3) is 6.65. The highest BCUT2D eigenvalue weighted by atomic mass is 16.5. The number of hydrogen-bond acceptors (Lipinski definition) is 6. The van der Waals surface area contributed by atoms with Gasteiger partial charge in [-0.2, -0.15) is 0 Å². The van der Waals surface area contributed by atoms with Crippen LogP contribution < -0.4 is 15.6 Å². The fourth-order valence-corrected chi connectivity index (χ4v) is 4.90. The number of amides is 1. The molecule has 0 fully saturated rings. The Balaban J connectivity index is 1.35. The van der Waals surface area contributed by atoms with Crippen molar-refractivity contribution in [2.45, 2.75) is 38.0 Å². The van der Waals surface area contributed by atoms with Crippen molar-refractivity contribution in [3.8, 4) is 5.75 Å². The SMILES string of the molecule is C[C@@H]1OC(c2ccc(OCCCO)cc2)=N[C@]1(C/C=C/c1ccccc1)C(=O)NNCc1cccc2ccccc12. The molecule has 2 atom stereocenters. The summed E-state index contributed by atoms with van der Waals surface area (Å²) in [5, 5.41) is 11.3. The highest BCUT2D eigenvalue weighted by Gasteiger charge is 2.49. The minimum atomic E-state index is -1.16. The van der Waals surface area contributed by atoms with Gasteiger partial charge in [0.25, 0.3) is 5.91 Å². The molecular formula is C34H35N3O4. The predicted molar refractivity (Wildman–Crippen MR) is 162 cm³/mol. The summed E-state index contributed by atoms with van der Waals surface area (Å²) in [6, 6.07) is 31.7. The first-order chi connectivity index (χ1) is 20.1. The van der Waals surface area contributed by atoms with Gasteiger partial charge in [0.05, 0.1) is 6.61 Å². The lowest BCUT2D eigenvalue weighted by molar-refractivity contribution is -0.129. The number of fused-ring (bicyclic) bond motifs is 1. The zero-order valence-electron chi connectivity index (χ0n) is 23.1. The average Bonchev–Trinajstić information content (AvgIpc) is 3.35. The van der Waals surface area contributed by atoms with E-state index in [1.807, 2.05) is 91.9 Å². The maximum atomic E-state index is 13.8. The molecule has 1 heterocycles. The molecule has 0 aliphatic carbocycles. The molecule has 1 aliphatic heterocycles. The van der Waals surface area contributed by atoms with Gasteiger partial charge in [-0.15, -0.1) is 0 Å². The van der Waals surface area contributed by atoms with Gasteiger partial charge in [0.15, 0.2) is 5.54 Å². The Bertz CT molecular complexity index is 1510. The first-order valence-electron chi connectivity index (χ1n) is 13.9. The van der Waals surface area contributed by atoms with E-state index in [0.29, 0.717) is 37.6 Å². The number of carbonyl (C=O) groups is 1. The second-order valence-electron chi connectivity index (χ2n) is 10.0. The average molecular weight is 550 g/mol. The highest BCUT2D eigenvalue weighted by Crippen LogP contribution is 2.33. The van der Waals surface area contributed by atoms with Gasteiger partial charge in [-0.1, -0.05) is 84.9 Å². The molecule has 3 N–H and O–H groups in total. The Labute approximate surface area is 240 Å². The number of aliphatic imine (C=N–C) groups is 1. The predicted octanol–water partition coefficient (Wildman–Crippen LogP) is 5.43. The van der Waals surface area contributed by atoms with Crippen LogP contribution in [0.4, 0.5) is 0 Å². The van der Waals surface area contributed by atoms with E-state index in [1.165, 1.54) is 0 Å². The summed E-state index contributed by atoms with van der Waals surface area (Å²) in [6.45, 7) is 2.86. The number of aliphatic hydroxyl groups is 1. The highest BCUT2D eigenvalue weighted by molar-refractivity contribution is 6.00. The summed E-state index contributed by atoms with van der Waals surface area (Å²) in [5.41, 5.74) is 7.77. The number of rotatable bonds is 12. The van der Waals surface area contributed by atoms with Crippen molar-refractivity contribution >= 4 is 28.7 Å². The minimum Gasteiger partial charge on any atom is -0.494 e. The van der Waals surface area contributed by atoms with Crippen LogP contribution in [-0.4, -0.2) is 41.8 Å². The molecule has 5 rings (SSSR count). The zero-order chi connectivity index (χ0) is 28.5. The van der Waals surface area contributed by atoms with Crippen molar-refractivity contribution in [2.24, 2.45) is 4.99 Å². The van der Waals surface area contributed by atoms with Crippen molar-refractivity contribution in [1.29, 1.82) is 0 Å². The van der Waals surface area contributed by atoms with E-state index >= 15 is 0 Å².